The van der Waals surface area contributed by atoms with E-state index < -0.39 is 0 Å². The average molecular weight is 327 g/mol. The monoisotopic (exact) mass is 327 g/mol. The maximum absolute atomic E-state index is 12.3. The van der Waals surface area contributed by atoms with E-state index >= 15 is 0 Å². The standard InChI is InChI=1S/C19H21NO4/c1-19(2)11-14(15-7-5-6-8-20(15)21)13-9-17(22-3)18(23-4)10-16(13)24-12-19/h5-11H,12H2,1-4H3. The van der Waals surface area contributed by atoms with Gasteiger partial charge in [0.2, 0.25) is 5.69 Å². The molecule has 0 saturated heterocycles. The van der Waals surface area contributed by atoms with E-state index in [9.17, 15) is 5.21 Å². The molecule has 1 aliphatic rings. The van der Waals surface area contributed by atoms with Crippen LogP contribution in [-0.2, 0) is 0 Å². The third-order valence-corrected chi connectivity index (χ3v) is 4.01. The van der Waals surface area contributed by atoms with Gasteiger partial charge in [0.15, 0.2) is 17.7 Å². The topological polar surface area (TPSA) is 54.6 Å². The van der Waals surface area contributed by atoms with E-state index in [0.29, 0.717) is 29.5 Å². The molecule has 24 heavy (non-hydrogen) atoms. The number of fused-ring (bicyclic) bond motifs is 1. The number of hydrogen-bond acceptors (Lipinski definition) is 4. The van der Waals surface area contributed by atoms with Crippen LogP contribution in [0.1, 0.15) is 25.1 Å². The van der Waals surface area contributed by atoms with Crippen molar-refractivity contribution in [3.63, 3.8) is 0 Å². The van der Waals surface area contributed by atoms with Crippen molar-refractivity contribution >= 4 is 5.57 Å². The van der Waals surface area contributed by atoms with Crippen molar-refractivity contribution in [3.05, 3.63) is 59.1 Å². The minimum absolute atomic E-state index is 0.225. The van der Waals surface area contributed by atoms with Crippen molar-refractivity contribution < 1.29 is 18.9 Å². The Morgan fingerprint density at radius 3 is 2.50 bits per heavy atom. The number of rotatable bonds is 3. The molecule has 0 spiro atoms. The van der Waals surface area contributed by atoms with Crippen molar-refractivity contribution in [2.24, 2.45) is 5.41 Å². The molecule has 1 aromatic carbocycles. The molecule has 0 radical (unpaired) electrons. The summed E-state index contributed by atoms with van der Waals surface area (Å²) in [4.78, 5) is 0. The van der Waals surface area contributed by atoms with Crippen LogP contribution in [0.5, 0.6) is 17.2 Å². The lowest BCUT2D eigenvalue weighted by molar-refractivity contribution is -0.607. The lowest BCUT2D eigenvalue weighted by atomic mass is 9.89. The zero-order valence-electron chi connectivity index (χ0n) is 14.3. The Labute approximate surface area is 141 Å². The van der Waals surface area contributed by atoms with Gasteiger partial charge in [0, 0.05) is 29.2 Å². The maximum Gasteiger partial charge on any atom is 0.224 e. The van der Waals surface area contributed by atoms with Crippen LogP contribution in [0.25, 0.3) is 5.57 Å². The second-order valence-electron chi connectivity index (χ2n) is 6.45. The molecule has 0 amide bonds. The Bertz CT molecular complexity index is 796. The fourth-order valence-corrected chi connectivity index (χ4v) is 2.81. The quantitative estimate of drug-likeness (QED) is 0.642. The summed E-state index contributed by atoms with van der Waals surface area (Å²) in [5.74, 6) is 1.87. The molecule has 0 unspecified atom stereocenters. The molecule has 5 heteroatoms. The highest BCUT2D eigenvalue weighted by molar-refractivity contribution is 5.82. The molecule has 2 aromatic rings. The van der Waals surface area contributed by atoms with Crippen molar-refractivity contribution in [1.82, 2.24) is 0 Å². The summed E-state index contributed by atoms with van der Waals surface area (Å²) in [5.41, 5.74) is 1.99. The van der Waals surface area contributed by atoms with Gasteiger partial charge in [0.1, 0.15) is 5.75 Å². The third-order valence-electron chi connectivity index (χ3n) is 4.01. The van der Waals surface area contributed by atoms with Crippen LogP contribution in [0.15, 0.2) is 42.6 Å². The van der Waals surface area contributed by atoms with Crippen molar-refractivity contribution in [1.29, 1.82) is 0 Å². The van der Waals surface area contributed by atoms with Gasteiger partial charge in [0.05, 0.1) is 26.4 Å². The molecule has 126 valence electrons. The first-order valence-electron chi connectivity index (χ1n) is 7.76. The van der Waals surface area contributed by atoms with Crippen LogP contribution >= 0.6 is 0 Å². The molecule has 0 N–H and O–H groups in total. The number of ether oxygens (including phenoxy) is 3. The molecule has 0 saturated carbocycles. The first-order valence-corrected chi connectivity index (χ1v) is 7.76. The van der Waals surface area contributed by atoms with Crippen LogP contribution in [-0.4, -0.2) is 20.8 Å². The Balaban J connectivity index is 2.27. The first-order chi connectivity index (χ1) is 11.4. The molecular weight excluding hydrogens is 306 g/mol. The van der Waals surface area contributed by atoms with Gasteiger partial charge in [-0.2, -0.15) is 4.73 Å². The highest BCUT2D eigenvalue weighted by atomic mass is 16.5. The number of methoxy groups -OCH3 is 2. The van der Waals surface area contributed by atoms with Crippen LogP contribution in [0.3, 0.4) is 0 Å². The summed E-state index contributed by atoms with van der Waals surface area (Å²) in [6.07, 6.45) is 3.57. The van der Waals surface area contributed by atoms with E-state index in [1.807, 2.05) is 18.2 Å². The molecule has 1 aromatic heterocycles. The van der Waals surface area contributed by atoms with E-state index in [4.69, 9.17) is 14.2 Å². The zero-order valence-corrected chi connectivity index (χ0v) is 14.3. The number of pyridine rings is 1. The van der Waals surface area contributed by atoms with Gasteiger partial charge in [-0.3, -0.25) is 0 Å². The first kappa shape index (κ1) is 16.2. The Kier molecular flexibility index (Phi) is 4.09. The molecule has 2 heterocycles. The molecule has 0 atom stereocenters. The second kappa shape index (κ2) is 6.07. The van der Waals surface area contributed by atoms with Gasteiger partial charge < -0.3 is 19.4 Å². The maximum atomic E-state index is 12.3. The average Bonchev–Trinajstić information content (AvgIpc) is 2.70. The largest absolute Gasteiger partial charge is 0.618 e. The van der Waals surface area contributed by atoms with Gasteiger partial charge in [0.25, 0.3) is 0 Å². The van der Waals surface area contributed by atoms with Crippen LogP contribution in [0.4, 0.5) is 0 Å². The fourth-order valence-electron chi connectivity index (χ4n) is 2.81. The molecule has 0 fully saturated rings. The van der Waals surface area contributed by atoms with Crippen molar-refractivity contribution in [2.45, 2.75) is 13.8 Å². The summed E-state index contributed by atoms with van der Waals surface area (Å²) in [6, 6.07) is 9.03. The Morgan fingerprint density at radius 1 is 1.12 bits per heavy atom. The van der Waals surface area contributed by atoms with E-state index in [-0.39, 0.29) is 5.41 Å². The SMILES string of the molecule is COc1cc2c(cc1OC)C(c1cccc[n+]1[O-])=CC(C)(C)CO2. The van der Waals surface area contributed by atoms with Crippen LogP contribution in [0.2, 0.25) is 0 Å². The fraction of sp³-hybridized carbons (Fsp3) is 0.316. The second-order valence-corrected chi connectivity index (χ2v) is 6.45. The Morgan fingerprint density at radius 2 is 1.83 bits per heavy atom. The molecule has 5 nitrogen and oxygen atoms in total. The predicted octanol–water partition coefficient (Wildman–Crippen LogP) is 3.19. The summed E-state index contributed by atoms with van der Waals surface area (Å²) in [5, 5.41) is 12.3. The summed E-state index contributed by atoms with van der Waals surface area (Å²) >= 11 is 0. The predicted molar refractivity (Wildman–Crippen MR) is 91.3 cm³/mol. The number of benzene rings is 1. The highest BCUT2D eigenvalue weighted by Gasteiger charge is 2.29. The van der Waals surface area contributed by atoms with Gasteiger partial charge in [-0.05, 0) is 12.1 Å². The van der Waals surface area contributed by atoms with Gasteiger partial charge in [-0.15, -0.1) is 0 Å². The minimum atomic E-state index is -0.225. The van der Waals surface area contributed by atoms with Crippen molar-refractivity contribution in [3.8, 4) is 17.2 Å². The Hall–Kier alpha value is -2.69. The van der Waals surface area contributed by atoms with Crippen LogP contribution < -0.4 is 18.9 Å². The summed E-state index contributed by atoms with van der Waals surface area (Å²) in [7, 11) is 3.18. The van der Waals surface area contributed by atoms with Crippen molar-refractivity contribution in [2.75, 3.05) is 20.8 Å². The molecule has 3 rings (SSSR count). The lowest BCUT2D eigenvalue weighted by Gasteiger charge is -2.18. The normalized spacial score (nSPS) is 15.6. The van der Waals surface area contributed by atoms with E-state index in [1.54, 1.807) is 26.4 Å². The summed E-state index contributed by atoms with van der Waals surface area (Å²) < 4.78 is 17.7. The minimum Gasteiger partial charge on any atom is -0.618 e. The zero-order chi connectivity index (χ0) is 17.3. The van der Waals surface area contributed by atoms with E-state index in [0.717, 1.165) is 15.9 Å². The number of nitrogens with zero attached hydrogens (tertiary/aromatic N) is 1. The molecular formula is C19H21NO4. The molecule has 1 aliphatic heterocycles. The smallest absolute Gasteiger partial charge is 0.224 e. The number of aromatic nitrogens is 1. The highest BCUT2D eigenvalue weighted by Crippen LogP contribution is 2.43. The van der Waals surface area contributed by atoms with E-state index in [2.05, 4.69) is 19.9 Å². The van der Waals surface area contributed by atoms with Gasteiger partial charge >= 0.3 is 0 Å². The third kappa shape index (κ3) is 2.89. The lowest BCUT2D eigenvalue weighted by Crippen LogP contribution is -2.30. The van der Waals surface area contributed by atoms with Crippen LogP contribution in [0, 0.1) is 10.6 Å². The molecule has 0 bridgehead atoms. The molecule has 0 aliphatic carbocycles. The van der Waals surface area contributed by atoms with Gasteiger partial charge in [-0.25, -0.2) is 0 Å². The number of hydrogen-bond donors (Lipinski definition) is 0. The van der Waals surface area contributed by atoms with Gasteiger partial charge in [-0.1, -0.05) is 19.9 Å². The van der Waals surface area contributed by atoms with E-state index in [1.165, 1.54) is 6.20 Å². The summed E-state index contributed by atoms with van der Waals surface area (Å²) in [6.45, 7) is 4.65.